The second-order valence-electron chi connectivity index (χ2n) is 7.24. The van der Waals surface area contributed by atoms with Gasteiger partial charge in [-0.1, -0.05) is 0 Å². The molecule has 2 heterocycles. The molecule has 1 fully saturated rings. The number of anilines is 2. The van der Waals surface area contributed by atoms with Gasteiger partial charge < -0.3 is 25.2 Å². The maximum absolute atomic E-state index is 12.3. The van der Waals surface area contributed by atoms with Crippen LogP contribution >= 0.6 is 11.3 Å². The number of hydrogen-bond donors (Lipinski definition) is 2. The number of nitrogens with one attached hydrogen (secondary N) is 2. The summed E-state index contributed by atoms with van der Waals surface area (Å²) in [6, 6.07) is 7.02. The molecule has 0 aliphatic carbocycles. The Morgan fingerprint density at radius 3 is 2.77 bits per heavy atom. The zero-order valence-electron chi connectivity index (χ0n) is 17.4. The van der Waals surface area contributed by atoms with Gasteiger partial charge in [0.1, 0.15) is 5.75 Å². The lowest BCUT2D eigenvalue weighted by Crippen LogP contribution is -2.51. The van der Waals surface area contributed by atoms with E-state index in [1.54, 1.807) is 30.5 Å². The van der Waals surface area contributed by atoms with Crippen molar-refractivity contribution >= 4 is 28.1 Å². The van der Waals surface area contributed by atoms with Crippen molar-refractivity contribution in [2.24, 2.45) is 4.99 Å². The lowest BCUT2D eigenvalue weighted by molar-refractivity contribution is -0.0498. The van der Waals surface area contributed by atoms with E-state index < -0.39 is 6.61 Å². The van der Waals surface area contributed by atoms with Crippen molar-refractivity contribution in [1.82, 2.24) is 15.6 Å². The molecule has 1 saturated heterocycles. The molecule has 0 radical (unpaired) electrons. The van der Waals surface area contributed by atoms with Gasteiger partial charge in [-0.2, -0.15) is 8.78 Å². The van der Waals surface area contributed by atoms with E-state index in [1.807, 2.05) is 36.5 Å². The first-order valence-electron chi connectivity index (χ1n) is 9.83. The Bertz CT molecular complexity index is 827. The number of alkyl halides is 2. The van der Waals surface area contributed by atoms with Crippen LogP contribution in [0, 0.1) is 0 Å². The van der Waals surface area contributed by atoms with Crippen LogP contribution in [-0.2, 0) is 6.54 Å². The van der Waals surface area contributed by atoms with Crippen molar-refractivity contribution in [2.75, 3.05) is 44.0 Å². The number of ether oxygens (including phenoxy) is 1. The van der Waals surface area contributed by atoms with Crippen LogP contribution in [0.1, 0.15) is 18.5 Å². The van der Waals surface area contributed by atoms with Crippen molar-refractivity contribution in [2.45, 2.75) is 32.0 Å². The second-order valence-corrected chi connectivity index (χ2v) is 8.08. The van der Waals surface area contributed by atoms with Crippen LogP contribution in [0.5, 0.6) is 5.75 Å². The maximum atomic E-state index is 12.3. The molecular formula is C20H28F2N6OS. The third kappa shape index (κ3) is 6.19. The van der Waals surface area contributed by atoms with Gasteiger partial charge >= 0.3 is 6.61 Å². The molecule has 3 rings (SSSR count). The highest BCUT2D eigenvalue weighted by atomic mass is 32.1. The van der Waals surface area contributed by atoms with E-state index in [0.717, 1.165) is 48.4 Å². The highest BCUT2D eigenvalue weighted by Gasteiger charge is 2.21. The third-order valence-corrected chi connectivity index (χ3v) is 5.83. The fraction of sp³-hybridized carbons (Fsp3) is 0.500. The van der Waals surface area contributed by atoms with Gasteiger partial charge in [-0.05, 0) is 37.1 Å². The quantitative estimate of drug-likeness (QED) is 0.512. The Morgan fingerprint density at radius 2 is 2.13 bits per heavy atom. The number of halogens is 2. The van der Waals surface area contributed by atoms with Crippen LogP contribution in [0.15, 0.2) is 34.6 Å². The predicted molar refractivity (Wildman–Crippen MR) is 118 cm³/mol. The van der Waals surface area contributed by atoms with E-state index in [4.69, 9.17) is 0 Å². The van der Waals surface area contributed by atoms with Crippen LogP contribution in [0.2, 0.25) is 0 Å². The Labute approximate surface area is 179 Å². The number of nitrogens with zero attached hydrogens (tertiary/aromatic N) is 4. The molecule has 0 amide bonds. The lowest BCUT2D eigenvalue weighted by atomic mass is 10.0. The van der Waals surface area contributed by atoms with E-state index in [0.29, 0.717) is 6.54 Å². The molecule has 0 saturated carbocycles. The second kappa shape index (κ2) is 10.4. The first-order chi connectivity index (χ1) is 14.4. The van der Waals surface area contributed by atoms with Gasteiger partial charge in [-0.3, -0.25) is 4.99 Å². The van der Waals surface area contributed by atoms with Crippen molar-refractivity contribution in [3.8, 4) is 5.75 Å². The number of guanidine groups is 1. The molecule has 1 atom stereocenters. The molecule has 164 valence electrons. The highest BCUT2D eigenvalue weighted by Crippen LogP contribution is 2.24. The molecule has 1 unspecified atom stereocenters. The average Bonchev–Trinajstić information content (AvgIpc) is 3.21. The standard InChI is InChI=1S/C20H28F2N6OS/c1-23-19(24-11-15-13-30-20(26-15)27(2)3)25-14-5-4-10-28(12-14)16-6-8-17(9-7-16)29-18(21)22/h6-9,13-14,18H,4-5,10-12H2,1-3H3,(H2,23,24,25). The summed E-state index contributed by atoms with van der Waals surface area (Å²) < 4.78 is 29.1. The summed E-state index contributed by atoms with van der Waals surface area (Å²) >= 11 is 1.61. The van der Waals surface area contributed by atoms with Crippen molar-refractivity contribution in [3.63, 3.8) is 0 Å². The normalized spacial score (nSPS) is 17.2. The van der Waals surface area contributed by atoms with Gasteiger partial charge in [0.15, 0.2) is 11.1 Å². The zero-order valence-corrected chi connectivity index (χ0v) is 18.3. The number of piperidine rings is 1. The maximum Gasteiger partial charge on any atom is 0.387 e. The Hall–Kier alpha value is -2.62. The highest BCUT2D eigenvalue weighted by molar-refractivity contribution is 7.13. The first kappa shape index (κ1) is 22.1. The van der Waals surface area contributed by atoms with Crippen molar-refractivity contribution in [1.29, 1.82) is 0 Å². The summed E-state index contributed by atoms with van der Waals surface area (Å²) in [6.45, 7) is -0.480. The zero-order chi connectivity index (χ0) is 21.5. The number of thiazole rings is 1. The van der Waals surface area contributed by atoms with Crippen LogP contribution < -0.4 is 25.2 Å². The fourth-order valence-corrected chi connectivity index (χ4v) is 4.07. The summed E-state index contributed by atoms with van der Waals surface area (Å²) in [7, 11) is 5.71. The van der Waals surface area contributed by atoms with E-state index >= 15 is 0 Å². The van der Waals surface area contributed by atoms with Gasteiger partial charge in [0.05, 0.1) is 12.2 Å². The molecule has 10 heteroatoms. The molecule has 2 aromatic rings. The number of aromatic nitrogens is 1. The summed E-state index contributed by atoms with van der Waals surface area (Å²) in [6.07, 6.45) is 2.06. The molecule has 1 aromatic heterocycles. The van der Waals surface area contributed by atoms with Crippen LogP contribution in [0.25, 0.3) is 0 Å². The Morgan fingerprint density at radius 1 is 1.37 bits per heavy atom. The van der Waals surface area contributed by atoms with E-state index in [-0.39, 0.29) is 11.8 Å². The third-order valence-electron chi connectivity index (χ3n) is 4.77. The molecule has 2 N–H and O–H groups in total. The molecule has 1 aliphatic heterocycles. The monoisotopic (exact) mass is 438 g/mol. The lowest BCUT2D eigenvalue weighted by Gasteiger charge is -2.35. The molecule has 0 spiro atoms. The predicted octanol–water partition coefficient (Wildman–Crippen LogP) is 3.14. The topological polar surface area (TPSA) is 65.0 Å². The molecule has 1 aliphatic rings. The minimum absolute atomic E-state index is 0.171. The van der Waals surface area contributed by atoms with Crippen molar-refractivity contribution in [3.05, 3.63) is 35.3 Å². The van der Waals surface area contributed by atoms with Gasteiger partial charge in [-0.15, -0.1) is 11.3 Å². The number of aliphatic imine (C=N–C) groups is 1. The van der Waals surface area contributed by atoms with Crippen molar-refractivity contribution < 1.29 is 13.5 Å². The van der Waals surface area contributed by atoms with E-state index in [2.05, 4.69) is 30.2 Å². The van der Waals surface area contributed by atoms with Gasteiger partial charge in [-0.25, -0.2) is 4.98 Å². The van der Waals surface area contributed by atoms with Crippen LogP contribution in [0.3, 0.4) is 0 Å². The largest absolute Gasteiger partial charge is 0.435 e. The summed E-state index contributed by atoms with van der Waals surface area (Å²) in [5.74, 6) is 0.909. The summed E-state index contributed by atoms with van der Waals surface area (Å²) in [5, 5.41) is 9.82. The average molecular weight is 439 g/mol. The molecular weight excluding hydrogens is 410 g/mol. The summed E-state index contributed by atoms with van der Waals surface area (Å²) in [5.41, 5.74) is 1.97. The number of benzene rings is 1. The molecule has 0 bridgehead atoms. The Balaban J connectivity index is 1.52. The Kier molecular flexibility index (Phi) is 7.67. The number of hydrogen-bond acceptors (Lipinski definition) is 6. The minimum Gasteiger partial charge on any atom is -0.435 e. The SMILES string of the molecule is CN=C(NCc1csc(N(C)C)n1)NC1CCCN(c2ccc(OC(F)F)cc2)C1. The van der Waals surface area contributed by atoms with E-state index in [1.165, 1.54) is 0 Å². The van der Waals surface area contributed by atoms with Gasteiger partial charge in [0.2, 0.25) is 0 Å². The smallest absolute Gasteiger partial charge is 0.387 e. The molecule has 30 heavy (non-hydrogen) atoms. The number of rotatable bonds is 7. The fourth-order valence-electron chi connectivity index (χ4n) is 3.31. The molecule has 7 nitrogen and oxygen atoms in total. The van der Waals surface area contributed by atoms with Gasteiger partial charge in [0.25, 0.3) is 0 Å². The van der Waals surface area contributed by atoms with Crippen LogP contribution in [-0.4, -0.2) is 57.8 Å². The van der Waals surface area contributed by atoms with Gasteiger partial charge in [0, 0.05) is 51.3 Å². The van der Waals surface area contributed by atoms with Crippen LogP contribution in [0.4, 0.5) is 19.6 Å². The molecule has 1 aromatic carbocycles. The van der Waals surface area contributed by atoms with E-state index in [9.17, 15) is 8.78 Å². The minimum atomic E-state index is -2.81. The summed E-state index contributed by atoms with van der Waals surface area (Å²) in [4.78, 5) is 13.1. The first-order valence-corrected chi connectivity index (χ1v) is 10.7.